The molecule has 2 rings (SSSR count). The lowest BCUT2D eigenvalue weighted by molar-refractivity contribution is -0.139. The van der Waals surface area contributed by atoms with Crippen molar-refractivity contribution in [2.75, 3.05) is 0 Å². The molecular weight excluding hydrogens is 613 g/mol. The monoisotopic (exact) mass is 679 g/mol. The maximum absolute atomic E-state index is 10.9. The van der Waals surface area contributed by atoms with Gasteiger partial charge in [0.2, 0.25) is 0 Å². The van der Waals surface area contributed by atoms with Gasteiger partial charge in [-0.25, -0.2) is 0 Å². The fourth-order valence-electron chi connectivity index (χ4n) is 4.78. The van der Waals surface area contributed by atoms with Crippen LogP contribution in [0.5, 0.6) is 0 Å². The minimum Gasteiger partial charge on any atom is -0.491 e. The van der Waals surface area contributed by atoms with E-state index in [4.69, 9.17) is 9.47 Å². The summed E-state index contributed by atoms with van der Waals surface area (Å²) in [5.41, 5.74) is 0. The lowest BCUT2D eigenvalue weighted by Crippen LogP contribution is -2.01. The Kier molecular flexibility index (Phi) is 28.2. The van der Waals surface area contributed by atoms with E-state index in [2.05, 4.69) is 162 Å². The van der Waals surface area contributed by atoms with E-state index in [0.29, 0.717) is 18.3 Å². The third-order valence-electron chi connectivity index (χ3n) is 7.70. The van der Waals surface area contributed by atoms with Crippen molar-refractivity contribution < 1.29 is 14.3 Å². The first-order valence-electron chi connectivity index (χ1n) is 18.9. The molecule has 50 heavy (non-hydrogen) atoms. The lowest BCUT2D eigenvalue weighted by Gasteiger charge is -2.02. The molecule has 0 aromatic carbocycles. The van der Waals surface area contributed by atoms with Gasteiger partial charge >= 0.3 is 5.97 Å². The molecule has 0 amide bonds. The topological polar surface area (TPSA) is 35.5 Å². The van der Waals surface area contributed by atoms with Crippen LogP contribution in [0.3, 0.4) is 0 Å². The summed E-state index contributed by atoms with van der Waals surface area (Å²) in [6.45, 7) is 12.7. The van der Waals surface area contributed by atoms with Gasteiger partial charge in [-0.1, -0.05) is 168 Å². The highest BCUT2D eigenvalue weighted by molar-refractivity contribution is 5.71. The van der Waals surface area contributed by atoms with E-state index in [0.717, 1.165) is 76.4 Å². The van der Waals surface area contributed by atoms with E-state index in [1.165, 1.54) is 0 Å². The van der Waals surface area contributed by atoms with E-state index in [-0.39, 0.29) is 18.2 Å². The minimum absolute atomic E-state index is 0.0312. The first kappa shape index (κ1) is 43.9. The molecule has 4 atom stereocenters. The molecule has 0 saturated carbocycles. The lowest BCUT2D eigenvalue weighted by atomic mass is 10.1. The molecule has 2 aliphatic rings. The summed E-state index contributed by atoms with van der Waals surface area (Å²) in [7, 11) is 0. The summed E-state index contributed by atoms with van der Waals surface area (Å²) in [5.74, 6) is 2.02. The number of cyclic esters (lactones) is 1. The van der Waals surface area contributed by atoms with Crippen LogP contribution in [0, 0.1) is 11.8 Å². The van der Waals surface area contributed by atoms with Gasteiger partial charge in [0.1, 0.15) is 12.2 Å². The zero-order valence-corrected chi connectivity index (χ0v) is 31.6. The van der Waals surface area contributed by atoms with Crippen LogP contribution in [-0.2, 0) is 14.3 Å². The van der Waals surface area contributed by atoms with Crippen LogP contribution in [0.25, 0.3) is 0 Å². The molecule has 0 bridgehead atoms. The van der Waals surface area contributed by atoms with Gasteiger partial charge in [0.15, 0.2) is 0 Å². The molecule has 3 nitrogen and oxygen atoms in total. The SMILES string of the molecule is C=C1CC[C@@H](/C=C/C=C\C/C=C\C/C=C\C=C\[C@@H](C)C/C=C\CC)O1.CC/C=C\C[C@H](C)/C=C/C=C\C/C=C\C/C=C\C=C\C1CCC(=O)O1. The van der Waals surface area contributed by atoms with Crippen LogP contribution in [-0.4, -0.2) is 18.2 Å². The molecule has 2 heterocycles. The molecule has 0 aliphatic carbocycles. The third-order valence-corrected chi connectivity index (χ3v) is 7.70. The quantitative estimate of drug-likeness (QED) is 0.0649. The predicted octanol–water partition coefficient (Wildman–Crippen LogP) is 13.5. The van der Waals surface area contributed by atoms with E-state index < -0.39 is 0 Å². The summed E-state index contributed by atoms with van der Waals surface area (Å²) in [5, 5.41) is 0. The molecule has 2 saturated heterocycles. The van der Waals surface area contributed by atoms with Crippen molar-refractivity contribution in [3.05, 3.63) is 158 Å². The highest BCUT2D eigenvalue weighted by Crippen LogP contribution is 2.22. The largest absolute Gasteiger partial charge is 0.491 e. The Labute approximate surface area is 306 Å². The van der Waals surface area contributed by atoms with Crippen LogP contribution in [0.1, 0.15) is 105 Å². The third kappa shape index (κ3) is 27.8. The van der Waals surface area contributed by atoms with Crippen LogP contribution in [0.2, 0.25) is 0 Å². The summed E-state index contributed by atoms with van der Waals surface area (Å²) in [4.78, 5) is 10.9. The second kappa shape index (κ2) is 32.1. The molecule has 3 heteroatoms. The Hall–Kier alpha value is -4.11. The van der Waals surface area contributed by atoms with Gasteiger partial charge in [-0.3, -0.25) is 4.79 Å². The molecular formula is C47H66O3. The van der Waals surface area contributed by atoms with Gasteiger partial charge < -0.3 is 9.47 Å². The average Bonchev–Trinajstić information content (AvgIpc) is 3.72. The number of carbonyl (C=O) groups excluding carboxylic acids is 1. The number of hydrogen-bond donors (Lipinski definition) is 0. The number of esters is 1. The molecule has 0 N–H and O–H groups in total. The van der Waals surface area contributed by atoms with Gasteiger partial charge in [0, 0.05) is 12.8 Å². The van der Waals surface area contributed by atoms with Crippen LogP contribution >= 0.6 is 0 Å². The second-order valence-corrected chi connectivity index (χ2v) is 12.6. The molecule has 1 unspecified atom stereocenters. The molecule has 0 aromatic heterocycles. The van der Waals surface area contributed by atoms with E-state index >= 15 is 0 Å². The maximum Gasteiger partial charge on any atom is 0.306 e. The van der Waals surface area contributed by atoms with Crippen LogP contribution in [0.15, 0.2) is 158 Å². The maximum atomic E-state index is 10.9. The van der Waals surface area contributed by atoms with E-state index in [9.17, 15) is 4.79 Å². The number of allylic oxidation sites excluding steroid dienone is 23. The van der Waals surface area contributed by atoms with Crippen molar-refractivity contribution in [3.8, 4) is 0 Å². The van der Waals surface area contributed by atoms with Crippen LogP contribution in [0.4, 0.5) is 0 Å². The zero-order chi connectivity index (χ0) is 36.3. The fourth-order valence-corrected chi connectivity index (χ4v) is 4.78. The van der Waals surface area contributed by atoms with Crippen LogP contribution < -0.4 is 0 Å². The number of hydrogen-bond acceptors (Lipinski definition) is 3. The first-order valence-corrected chi connectivity index (χ1v) is 18.9. The van der Waals surface area contributed by atoms with Crippen molar-refractivity contribution in [2.24, 2.45) is 11.8 Å². The predicted molar refractivity (Wildman–Crippen MR) is 219 cm³/mol. The summed E-state index contributed by atoms with van der Waals surface area (Å²) < 4.78 is 10.6. The summed E-state index contributed by atoms with van der Waals surface area (Å²) in [6, 6.07) is 0. The van der Waals surface area contributed by atoms with Crippen molar-refractivity contribution in [1.29, 1.82) is 0 Å². The normalized spacial score (nSPS) is 20.4. The average molecular weight is 679 g/mol. The van der Waals surface area contributed by atoms with Gasteiger partial charge in [0.05, 0.1) is 5.76 Å². The van der Waals surface area contributed by atoms with Crippen molar-refractivity contribution in [2.45, 2.75) is 117 Å². The Morgan fingerprint density at radius 1 is 0.560 bits per heavy atom. The Balaban J connectivity index is 0.000000500. The standard InChI is InChI=1S/C24H34O.C23H32O2/c1-4-5-14-17-22(2)18-15-12-10-8-6-7-9-11-13-16-19-24-21-20-23(3)25-24;1-3-4-13-16-21(2)17-14-11-9-7-5-6-8-10-12-15-18-22-19-20-23(24)25-22/h5-7,10-16,18-19,22,24H,3-4,8-9,17,20-21H2,1-2H3;4-6,9-15,17-18,21-22H,3,7-8,16,19-20H2,1-2H3/b7-6-,12-10-,13-11-,14-5-,18-15+,19-16+;6-5-,11-9-,12-10-,13-4-,17-14+,18-15+/t22-,24+;21-,22?/m00/s1. The van der Waals surface area contributed by atoms with Gasteiger partial charge in [-0.05, 0) is 88.2 Å². The zero-order valence-electron chi connectivity index (χ0n) is 31.6. The number of rotatable bonds is 22. The molecule has 0 spiro atoms. The Bertz CT molecular complexity index is 1160. The van der Waals surface area contributed by atoms with Crippen molar-refractivity contribution in [1.82, 2.24) is 0 Å². The Morgan fingerprint density at radius 2 is 0.980 bits per heavy atom. The molecule has 2 aliphatic heterocycles. The minimum atomic E-state index is -0.0905. The smallest absolute Gasteiger partial charge is 0.306 e. The second-order valence-electron chi connectivity index (χ2n) is 12.6. The Morgan fingerprint density at radius 3 is 1.36 bits per heavy atom. The molecule has 2 fully saturated rings. The molecule has 0 aromatic rings. The fraction of sp³-hybridized carbons (Fsp3) is 0.426. The van der Waals surface area contributed by atoms with Crippen molar-refractivity contribution in [3.63, 3.8) is 0 Å². The summed E-state index contributed by atoms with van der Waals surface area (Å²) in [6.07, 6.45) is 63.4. The number of carbonyl (C=O) groups is 1. The van der Waals surface area contributed by atoms with Gasteiger partial charge in [0.25, 0.3) is 0 Å². The first-order chi connectivity index (χ1) is 24.4. The van der Waals surface area contributed by atoms with Gasteiger partial charge in [-0.15, -0.1) is 0 Å². The summed E-state index contributed by atoms with van der Waals surface area (Å²) >= 11 is 0. The highest BCUT2D eigenvalue weighted by atomic mass is 16.5. The van der Waals surface area contributed by atoms with Crippen molar-refractivity contribution >= 4 is 5.97 Å². The number of ether oxygens (including phenoxy) is 2. The molecule has 0 radical (unpaired) electrons. The highest BCUT2D eigenvalue weighted by Gasteiger charge is 2.20. The van der Waals surface area contributed by atoms with Gasteiger partial charge in [-0.2, -0.15) is 0 Å². The van der Waals surface area contributed by atoms with E-state index in [1.54, 1.807) is 0 Å². The van der Waals surface area contributed by atoms with E-state index in [1.807, 2.05) is 18.2 Å². The molecule has 272 valence electrons.